The number of hydrogen-bond acceptors (Lipinski definition) is 1. The second-order valence-corrected chi connectivity index (χ2v) is 3.30. The number of carbonyl (C=O) groups is 1. The van der Waals surface area contributed by atoms with Gasteiger partial charge in [-0.15, -0.1) is 0 Å². The molecule has 0 aliphatic carbocycles. The van der Waals surface area contributed by atoms with Gasteiger partial charge in [-0.05, 0) is 18.9 Å². The average Bonchev–Trinajstić information content (AvgIpc) is 2.16. The lowest BCUT2D eigenvalue weighted by atomic mass is 10.1. The molecule has 0 bridgehead atoms. The van der Waals surface area contributed by atoms with Gasteiger partial charge in [-0.25, -0.2) is 0 Å². The zero-order valence-electron chi connectivity index (χ0n) is 8.23. The van der Waals surface area contributed by atoms with E-state index in [1.165, 1.54) is 0 Å². The molecule has 2 nitrogen and oxygen atoms in total. The van der Waals surface area contributed by atoms with E-state index in [9.17, 15) is 4.79 Å². The van der Waals surface area contributed by atoms with Crippen molar-refractivity contribution in [2.24, 2.45) is 0 Å². The molecule has 0 saturated carbocycles. The molecule has 1 aromatic carbocycles. The molecule has 0 saturated heterocycles. The molecule has 0 aliphatic heterocycles. The molecule has 0 spiro atoms. The molecule has 0 atom stereocenters. The maximum absolute atomic E-state index is 10.3. The number of carboxylic acid groups (broad SMARTS) is 1. The first-order valence-corrected chi connectivity index (χ1v) is 4.62. The predicted octanol–water partition coefficient (Wildman–Crippen LogP) is 2.95. The van der Waals surface area contributed by atoms with E-state index in [4.69, 9.17) is 5.11 Å². The fraction of sp³-hybridized carbons (Fsp3) is 0.250. The minimum atomic E-state index is -0.745. The molecule has 0 unspecified atom stereocenters. The van der Waals surface area contributed by atoms with E-state index in [2.05, 4.69) is 0 Å². The van der Waals surface area contributed by atoms with E-state index in [0.29, 0.717) is 6.42 Å². The highest BCUT2D eigenvalue weighted by atomic mass is 16.4. The Morgan fingerprint density at radius 2 is 1.93 bits per heavy atom. The van der Waals surface area contributed by atoms with Crippen LogP contribution in [0, 0.1) is 0 Å². The Morgan fingerprint density at radius 1 is 1.29 bits per heavy atom. The summed E-state index contributed by atoms with van der Waals surface area (Å²) in [6.45, 7) is 1.95. The van der Waals surface area contributed by atoms with Crippen LogP contribution in [0.25, 0.3) is 6.08 Å². The molecule has 74 valence electrons. The fourth-order valence-electron chi connectivity index (χ4n) is 1.21. The molecule has 1 aromatic rings. The maximum atomic E-state index is 10.3. The highest BCUT2D eigenvalue weighted by molar-refractivity contribution is 5.67. The van der Waals surface area contributed by atoms with Crippen molar-refractivity contribution in [2.45, 2.75) is 19.8 Å². The van der Waals surface area contributed by atoms with Crippen LogP contribution in [0.15, 0.2) is 35.9 Å². The van der Waals surface area contributed by atoms with Gasteiger partial charge < -0.3 is 5.11 Å². The van der Waals surface area contributed by atoms with Gasteiger partial charge in [0.15, 0.2) is 0 Å². The summed E-state index contributed by atoms with van der Waals surface area (Å²) in [5.41, 5.74) is 2.22. The molecule has 0 fully saturated rings. The number of hydrogen-bond donors (Lipinski definition) is 1. The van der Waals surface area contributed by atoms with Crippen LogP contribution in [-0.4, -0.2) is 11.1 Å². The van der Waals surface area contributed by atoms with Crippen LogP contribution in [-0.2, 0) is 4.79 Å². The van der Waals surface area contributed by atoms with E-state index in [1.807, 2.05) is 43.3 Å². The van der Waals surface area contributed by atoms with E-state index in [0.717, 1.165) is 11.1 Å². The smallest absolute Gasteiger partial charge is 0.303 e. The average molecular weight is 190 g/mol. The SMILES string of the molecule is C/C(=C\c1ccccc1)CCC(=O)O. The highest BCUT2D eigenvalue weighted by Crippen LogP contribution is 2.10. The van der Waals surface area contributed by atoms with Crippen LogP contribution in [0.5, 0.6) is 0 Å². The number of rotatable bonds is 4. The molecule has 1 N–H and O–H groups in total. The molecule has 1 rings (SSSR count). The van der Waals surface area contributed by atoms with Crippen molar-refractivity contribution >= 4 is 12.0 Å². The van der Waals surface area contributed by atoms with Crippen molar-refractivity contribution in [1.82, 2.24) is 0 Å². The number of allylic oxidation sites excluding steroid dienone is 1. The van der Waals surface area contributed by atoms with E-state index < -0.39 is 5.97 Å². The van der Waals surface area contributed by atoms with Gasteiger partial charge in [-0.3, -0.25) is 4.79 Å². The highest BCUT2D eigenvalue weighted by Gasteiger charge is 1.97. The van der Waals surface area contributed by atoms with Gasteiger partial charge in [0.25, 0.3) is 0 Å². The van der Waals surface area contributed by atoms with Gasteiger partial charge in [-0.1, -0.05) is 42.0 Å². The molecule has 0 aromatic heterocycles. The standard InChI is InChI=1S/C12H14O2/c1-10(7-8-12(13)14)9-11-5-3-2-4-6-11/h2-6,9H,7-8H2,1H3,(H,13,14)/b10-9+. The quantitative estimate of drug-likeness (QED) is 0.792. The van der Waals surface area contributed by atoms with Crippen molar-refractivity contribution in [2.75, 3.05) is 0 Å². The molecule has 0 radical (unpaired) electrons. The minimum absolute atomic E-state index is 0.204. The van der Waals surface area contributed by atoms with Gasteiger partial charge in [0.05, 0.1) is 0 Å². The Bertz CT molecular complexity index is 325. The molecule has 2 heteroatoms. The Hall–Kier alpha value is -1.57. The zero-order chi connectivity index (χ0) is 10.4. The predicted molar refractivity (Wildman–Crippen MR) is 57.0 cm³/mol. The summed E-state index contributed by atoms with van der Waals surface area (Å²) in [5.74, 6) is -0.745. The lowest BCUT2D eigenvalue weighted by Crippen LogP contribution is -1.93. The summed E-state index contributed by atoms with van der Waals surface area (Å²) in [4.78, 5) is 10.3. The van der Waals surface area contributed by atoms with Gasteiger partial charge >= 0.3 is 5.97 Å². The normalized spacial score (nSPS) is 11.4. The third kappa shape index (κ3) is 3.90. The summed E-state index contributed by atoms with van der Waals surface area (Å²) in [6.07, 6.45) is 2.84. The minimum Gasteiger partial charge on any atom is -0.481 e. The van der Waals surface area contributed by atoms with Gasteiger partial charge in [0.1, 0.15) is 0 Å². The molecule has 0 heterocycles. The van der Waals surface area contributed by atoms with Crippen molar-refractivity contribution in [1.29, 1.82) is 0 Å². The van der Waals surface area contributed by atoms with Crippen LogP contribution in [0.3, 0.4) is 0 Å². The van der Waals surface area contributed by atoms with Crippen molar-refractivity contribution in [3.8, 4) is 0 Å². The van der Waals surface area contributed by atoms with E-state index in [-0.39, 0.29) is 6.42 Å². The second-order valence-electron chi connectivity index (χ2n) is 3.30. The van der Waals surface area contributed by atoms with Gasteiger partial charge in [-0.2, -0.15) is 0 Å². The second kappa shape index (κ2) is 5.22. The zero-order valence-corrected chi connectivity index (χ0v) is 8.23. The van der Waals surface area contributed by atoms with Crippen molar-refractivity contribution in [3.63, 3.8) is 0 Å². The van der Waals surface area contributed by atoms with Gasteiger partial charge in [0.2, 0.25) is 0 Å². The van der Waals surface area contributed by atoms with Crippen LogP contribution in [0.1, 0.15) is 25.3 Å². The third-order valence-corrected chi connectivity index (χ3v) is 1.95. The van der Waals surface area contributed by atoms with Crippen LogP contribution >= 0.6 is 0 Å². The van der Waals surface area contributed by atoms with E-state index in [1.54, 1.807) is 0 Å². The summed E-state index contributed by atoms with van der Waals surface area (Å²) in [5, 5.41) is 8.50. The third-order valence-electron chi connectivity index (χ3n) is 1.95. The lowest BCUT2D eigenvalue weighted by Gasteiger charge is -1.98. The number of aliphatic carboxylic acids is 1. The van der Waals surface area contributed by atoms with Crippen LogP contribution < -0.4 is 0 Å². The van der Waals surface area contributed by atoms with Crippen LogP contribution in [0.2, 0.25) is 0 Å². The van der Waals surface area contributed by atoms with Crippen LogP contribution in [0.4, 0.5) is 0 Å². The summed E-state index contributed by atoms with van der Waals surface area (Å²) >= 11 is 0. The summed E-state index contributed by atoms with van der Waals surface area (Å²) in [6, 6.07) is 9.91. The largest absolute Gasteiger partial charge is 0.481 e. The van der Waals surface area contributed by atoms with Crippen molar-refractivity contribution < 1.29 is 9.90 Å². The first-order chi connectivity index (χ1) is 6.68. The maximum Gasteiger partial charge on any atom is 0.303 e. The monoisotopic (exact) mass is 190 g/mol. The van der Waals surface area contributed by atoms with Gasteiger partial charge in [0, 0.05) is 6.42 Å². The first-order valence-electron chi connectivity index (χ1n) is 4.62. The Morgan fingerprint density at radius 3 is 2.50 bits per heavy atom. The molecule has 14 heavy (non-hydrogen) atoms. The Labute approximate surface area is 83.9 Å². The Balaban J connectivity index is 2.56. The number of benzene rings is 1. The Kier molecular flexibility index (Phi) is 3.92. The molecular weight excluding hydrogens is 176 g/mol. The van der Waals surface area contributed by atoms with Crippen molar-refractivity contribution in [3.05, 3.63) is 41.5 Å². The lowest BCUT2D eigenvalue weighted by molar-refractivity contribution is -0.136. The van der Waals surface area contributed by atoms with E-state index >= 15 is 0 Å². The topological polar surface area (TPSA) is 37.3 Å². The number of carboxylic acids is 1. The molecule has 0 aliphatic rings. The molecule has 0 amide bonds. The molecular formula is C12H14O2. The summed E-state index contributed by atoms with van der Waals surface area (Å²) in [7, 11) is 0. The first kappa shape index (κ1) is 10.5. The summed E-state index contributed by atoms with van der Waals surface area (Å²) < 4.78 is 0. The fourth-order valence-corrected chi connectivity index (χ4v) is 1.21.